The third-order valence-electron chi connectivity index (χ3n) is 5.61. The predicted octanol–water partition coefficient (Wildman–Crippen LogP) is 4.52. The number of ether oxygens (including phenoxy) is 1. The molecule has 2 N–H and O–H groups in total. The Labute approximate surface area is 177 Å². The molecule has 0 radical (unpaired) electrons. The number of hydrogen-bond donors (Lipinski definition) is 2. The lowest BCUT2D eigenvalue weighted by molar-refractivity contribution is -0.149. The number of rotatable bonds is 4. The summed E-state index contributed by atoms with van der Waals surface area (Å²) in [6.45, 7) is 0. The average molecular weight is 457 g/mol. The lowest BCUT2D eigenvalue weighted by Crippen LogP contribution is -2.39. The minimum atomic E-state index is -0.633. The monoisotopic (exact) mass is 456 g/mol. The van der Waals surface area contributed by atoms with E-state index in [9.17, 15) is 14.4 Å². The number of anilines is 2. The lowest BCUT2D eigenvalue weighted by Gasteiger charge is -2.27. The van der Waals surface area contributed by atoms with Crippen molar-refractivity contribution in [1.82, 2.24) is 0 Å². The zero-order valence-electron chi connectivity index (χ0n) is 15.7. The molecule has 1 aliphatic heterocycles. The Kier molecular flexibility index (Phi) is 5.41. The molecule has 1 aliphatic carbocycles. The van der Waals surface area contributed by atoms with Crippen LogP contribution in [0, 0.1) is 5.92 Å². The van der Waals surface area contributed by atoms with Crippen molar-refractivity contribution < 1.29 is 19.1 Å². The highest BCUT2D eigenvalue weighted by Gasteiger charge is 2.53. The van der Waals surface area contributed by atoms with Gasteiger partial charge in [-0.15, -0.1) is 0 Å². The molecule has 2 aromatic carbocycles. The van der Waals surface area contributed by atoms with Crippen LogP contribution in [0.4, 0.5) is 11.4 Å². The van der Waals surface area contributed by atoms with Gasteiger partial charge >= 0.3 is 5.97 Å². The Morgan fingerprint density at radius 1 is 0.931 bits per heavy atom. The second kappa shape index (κ2) is 7.99. The smallest absolute Gasteiger partial charge is 0.307 e. The first kappa shape index (κ1) is 19.6. The summed E-state index contributed by atoms with van der Waals surface area (Å²) in [7, 11) is 0. The van der Waals surface area contributed by atoms with Crippen LogP contribution >= 0.6 is 15.9 Å². The van der Waals surface area contributed by atoms with Gasteiger partial charge in [0.2, 0.25) is 5.91 Å². The molecule has 1 atom stereocenters. The van der Waals surface area contributed by atoms with Gasteiger partial charge in [-0.3, -0.25) is 14.4 Å². The first-order valence-corrected chi connectivity index (χ1v) is 10.4. The van der Waals surface area contributed by atoms with Crippen molar-refractivity contribution in [1.29, 1.82) is 0 Å². The van der Waals surface area contributed by atoms with E-state index >= 15 is 0 Å². The number of carbonyl (C=O) groups excluding carboxylic acids is 3. The highest BCUT2D eigenvalue weighted by atomic mass is 79.9. The van der Waals surface area contributed by atoms with E-state index in [-0.39, 0.29) is 24.2 Å². The third-order valence-corrected chi connectivity index (χ3v) is 6.13. The molecular formula is C22H21BrN2O4. The van der Waals surface area contributed by atoms with Gasteiger partial charge in [0, 0.05) is 21.4 Å². The highest BCUT2D eigenvalue weighted by molar-refractivity contribution is 9.10. The fourth-order valence-corrected chi connectivity index (χ4v) is 4.38. The number of esters is 1. The van der Waals surface area contributed by atoms with Gasteiger partial charge in [-0.05, 0) is 74.2 Å². The van der Waals surface area contributed by atoms with Gasteiger partial charge < -0.3 is 15.4 Å². The van der Waals surface area contributed by atoms with E-state index < -0.39 is 11.5 Å². The molecule has 1 saturated heterocycles. The van der Waals surface area contributed by atoms with Gasteiger partial charge in [-0.25, -0.2) is 0 Å². The number of benzene rings is 2. The van der Waals surface area contributed by atoms with E-state index in [1.807, 2.05) is 12.1 Å². The first-order chi connectivity index (χ1) is 13.9. The molecule has 4 rings (SSSR count). The van der Waals surface area contributed by atoms with Gasteiger partial charge in [-0.1, -0.05) is 15.9 Å². The zero-order chi connectivity index (χ0) is 20.4. The van der Waals surface area contributed by atoms with Crippen LogP contribution < -0.4 is 10.6 Å². The molecule has 7 heteroatoms. The quantitative estimate of drug-likeness (QED) is 0.662. The molecule has 0 aromatic heterocycles. The van der Waals surface area contributed by atoms with Crippen LogP contribution in [0.1, 0.15) is 42.5 Å². The van der Waals surface area contributed by atoms with Crippen LogP contribution in [-0.4, -0.2) is 23.4 Å². The minimum absolute atomic E-state index is 0.125. The Balaban J connectivity index is 1.40. The Bertz CT molecular complexity index is 934. The maximum absolute atomic E-state index is 12.8. The van der Waals surface area contributed by atoms with E-state index in [0.29, 0.717) is 16.9 Å². The molecule has 0 unspecified atom stereocenters. The molecule has 0 bridgehead atoms. The van der Waals surface area contributed by atoms with Crippen LogP contribution in [0.15, 0.2) is 53.0 Å². The zero-order valence-corrected chi connectivity index (χ0v) is 17.3. The van der Waals surface area contributed by atoms with Crippen LogP contribution in [-0.2, 0) is 14.3 Å². The van der Waals surface area contributed by atoms with Crippen molar-refractivity contribution >= 4 is 45.1 Å². The SMILES string of the molecule is O=C1C[C@H](C(=O)Nc2ccc(C(=O)Nc3ccc(Br)cc3)cc2)C2(CCCC2)O1. The molecule has 1 heterocycles. The largest absolute Gasteiger partial charge is 0.458 e. The van der Waals surface area contributed by atoms with E-state index in [1.54, 1.807) is 36.4 Å². The summed E-state index contributed by atoms with van der Waals surface area (Å²) in [6.07, 6.45) is 3.55. The van der Waals surface area contributed by atoms with Crippen LogP contribution in [0.25, 0.3) is 0 Å². The van der Waals surface area contributed by atoms with Crippen molar-refractivity contribution in [3.05, 3.63) is 58.6 Å². The van der Waals surface area contributed by atoms with Gasteiger partial charge in [-0.2, -0.15) is 0 Å². The number of amides is 2. The molecule has 1 saturated carbocycles. The fourth-order valence-electron chi connectivity index (χ4n) is 4.12. The molecule has 2 fully saturated rings. The minimum Gasteiger partial charge on any atom is -0.458 e. The maximum atomic E-state index is 12.8. The summed E-state index contributed by atoms with van der Waals surface area (Å²) >= 11 is 3.36. The summed E-state index contributed by atoms with van der Waals surface area (Å²) in [4.78, 5) is 37.0. The number of nitrogens with one attached hydrogen (secondary N) is 2. The Morgan fingerprint density at radius 3 is 2.17 bits per heavy atom. The summed E-state index contributed by atoms with van der Waals surface area (Å²) < 4.78 is 6.47. The van der Waals surface area contributed by atoms with E-state index in [2.05, 4.69) is 26.6 Å². The molecule has 1 spiro atoms. The normalized spacial score (nSPS) is 19.8. The summed E-state index contributed by atoms with van der Waals surface area (Å²) in [6, 6.07) is 14.0. The third kappa shape index (κ3) is 4.19. The van der Waals surface area contributed by atoms with Crippen molar-refractivity contribution in [2.75, 3.05) is 10.6 Å². The van der Waals surface area contributed by atoms with E-state index in [0.717, 1.165) is 30.2 Å². The lowest BCUT2D eigenvalue weighted by atomic mass is 9.85. The molecular weight excluding hydrogens is 436 g/mol. The van der Waals surface area contributed by atoms with Crippen molar-refractivity contribution in [3.63, 3.8) is 0 Å². The number of halogens is 1. The predicted molar refractivity (Wildman–Crippen MR) is 113 cm³/mol. The van der Waals surface area contributed by atoms with Gasteiger partial charge in [0.25, 0.3) is 5.91 Å². The highest BCUT2D eigenvalue weighted by Crippen LogP contribution is 2.45. The molecule has 29 heavy (non-hydrogen) atoms. The van der Waals surface area contributed by atoms with Gasteiger partial charge in [0.1, 0.15) is 5.60 Å². The van der Waals surface area contributed by atoms with Crippen molar-refractivity contribution in [3.8, 4) is 0 Å². The molecule has 6 nitrogen and oxygen atoms in total. The molecule has 2 amide bonds. The topological polar surface area (TPSA) is 84.5 Å². The molecule has 2 aliphatic rings. The summed E-state index contributed by atoms with van der Waals surface area (Å²) in [5.41, 5.74) is 1.13. The van der Waals surface area contributed by atoms with Crippen LogP contribution in [0.2, 0.25) is 0 Å². The maximum Gasteiger partial charge on any atom is 0.307 e. The number of hydrogen-bond acceptors (Lipinski definition) is 4. The van der Waals surface area contributed by atoms with Crippen molar-refractivity contribution in [2.24, 2.45) is 5.92 Å². The van der Waals surface area contributed by atoms with Gasteiger partial charge in [0.15, 0.2) is 0 Å². The fraction of sp³-hybridized carbons (Fsp3) is 0.318. The van der Waals surface area contributed by atoms with Crippen LogP contribution in [0.5, 0.6) is 0 Å². The second-order valence-electron chi connectivity index (χ2n) is 7.53. The van der Waals surface area contributed by atoms with E-state index in [1.165, 1.54) is 0 Å². The Morgan fingerprint density at radius 2 is 1.52 bits per heavy atom. The first-order valence-electron chi connectivity index (χ1n) is 9.65. The van der Waals surface area contributed by atoms with E-state index in [4.69, 9.17) is 4.74 Å². The molecule has 2 aromatic rings. The second-order valence-corrected chi connectivity index (χ2v) is 8.45. The standard InChI is InChI=1S/C22H21BrN2O4/c23-15-5-9-17(10-6-15)24-20(27)14-3-7-16(8-4-14)25-21(28)18-13-19(26)29-22(18)11-1-2-12-22/h3-10,18H,1-2,11-13H2,(H,24,27)(H,25,28)/t18-/m1/s1. The van der Waals surface area contributed by atoms with Crippen molar-refractivity contribution in [2.45, 2.75) is 37.7 Å². The Hall–Kier alpha value is -2.67. The number of carbonyl (C=O) groups is 3. The summed E-state index contributed by atoms with van der Waals surface area (Å²) in [5.74, 6) is -1.19. The average Bonchev–Trinajstić information content (AvgIpc) is 3.30. The molecule has 150 valence electrons. The van der Waals surface area contributed by atoms with Gasteiger partial charge in [0.05, 0.1) is 12.3 Å². The summed E-state index contributed by atoms with van der Waals surface area (Å²) in [5, 5.41) is 5.70. The van der Waals surface area contributed by atoms with Crippen LogP contribution in [0.3, 0.4) is 0 Å².